The van der Waals surface area contributed by atoms with Crippen LogP contribution < -0.4 is 6.64 Å². The zero-order valence-electron chi connectivity index (χ0n) is 10.4. The fraction of sp³-hybridized carbons (Fsp3) is 0. The zero-order chi connectivity index (χ0) is 17.6. The van der Waals surface area contributed by atoms with Crippen molar-refractivity contribution < 1.29 is 43.9 Å². The van der Waals surface area contributed by atoms with E-state index in [9.17, 15) is 43.9 Å². The van der Waals surface area contributed by atoms with Gasteiger partial charge in [0.05, 0.1) is 0 Å². The van der Waals surface area contributed by atoms with Crippen LogP contribution in [0.15, 0.2) is 0 Å². The number of rotatable bonds is 2. The molecule has 0 aromatic heterocycles. The van der Waals surface area contributed by atoms with Gasteiger partial charge in [-0.25, -0.2) is 0 Å². The molecular weight excluding hydrogens is 449 g/mol. The van der Waals surface area contributed by atoms with E-state index in [4.69, 9.17) is 0 Å². The molecule has 0 aliphatic rings. The first-order valence-corrected chi connectivity index (χ1v) is 8.76. The van der Waals surface area contributed by atoms with Crippen LogP contribution in [0.2, 0.25) is 0 Å². The summed E-state index contributed by atoms with van der Waals surface area (Å²) in [6.07, 6.45) is 0. The van der Waals surface area contributed by atoms with Crippen LogP contribution in [0, 0.1) is 58.2 Å². The zero-order valence-corrected chi connectivity index (χ0v) is 13.7. The first-order valence-electron chi connectivity index (χ1n) is 5.47. The summed E-state index contributed by atoms with van der Waals surface area (Å²) in [7, 11) is 0. The van der Waals surface area contributed by atoms with Crippen LogP contribution in [-0.4, -0.2) is 22.9 Å². The molecule has 0 amide bonds. The molecule has 0 aliphatic heterocycles. The molecule has 0 aliphatic carbocycles. The van der Waals surface area contributed by atoms with Crippen LogP contribution >= 0.6 is 0 Å². The molecule has 0 atom stereocenters. The van der Waals surface area contributed by atoms with Crippen LogP contribution in [0.3, 0.4) is 0 Å². The first kappa shape index (κ1) is 18.0. The van der Waals surface area contributed by atoms with Crippen LogP contribution in [0.4, 0.5) is 43.9 Å². The van der Waals surface area contributed by atoms with Gasteiger partial charge in [-0.05, 0) is 0 Å². The maximum absolute atomic E-state index is 13.5. The Hall–Kier alpha value is -1.39. The van der Waals surface area contributed by atoms with Crippen LogP contribution in [0.1, 0.15) is 0 Å². The number of hydrogen-bond donors (Lipinski definition) is 0. The van der Waals surface area contributed by atoms with Gasteiger partial charge in [0.2, 0.25) is 0 Å². The second kappa shape index (κ2) is 6.25. The van der Waals surface area contributed by atoms with E-state index in [-0.39, 0.29) is 0 Å². The molecule has 2 aromatic rings. The molecule has 2 rings (SSSR count). The van der Waals surface area contributed by atoms with E-state index in [0.29, 0.717) is 0 Å². The Morgan fingerprint density at radius 3 is 0.696 bits per heavy atom. The number of benzene rings is 2. The summed E-state index contributed by atoms with van der Waals surface area (Å²) in [5.74, 6) is -23.9. The Kier molecular flexibility index (Phi) is 4.88. The van der Waals surface area contributed by atoms with Gasteiger partial charge in [-0.1, -0.05) is 0 Å². The maximum atomic E-state index is 13.5. The van der Waals surface area contributed by atoms with Gasteiger partial charge in [-0.2, -0.15) is 0 Å². The molecule has 0 bridgehead atoms. The van der Waals surface area contributed by atoms with Crippen molar-refractivity contribution in [2.45, 2.75) is 0 Å². The second-order valence-corrected chi connectivity index (χ2v) is 8.23. The van der Waals surface area contributed by atoms with E-state index in [2.05, 4.69) is 0 Å². The van der Waals surface area contributed by atoms with E-state index in [1.54, 1.807) is 0 Å². The minimum absolute atomic E-state index is 1.54. The Morgan fingerprint density at radius 2 is 0.478 bits per heavy atom. The standard InChI is InChI=1S/2C6F5.In/c2*7-2-1-3(8)5(10)6(11)4(2)9;. The van der Waals surface area contributed by atoms with Gasteiger partial charge in [0.25, 0.3) is 0 Å². The van der Waals surface area contributed by atoms with E-state index in [1.807, 2.05) is 0 Å². The molecule has 23 heavy (non-hydrogen) atoms. The van der Waals surface area contributed by atoms with Gasteiger partial charge < -0.3 is 0 Å². The molecule has 0 saturated carbocycles. The van der Waals surface area contributed by atoms with Crippen molar-refractivity contribution in [3.8, 4) is 0 Å². The van der Waals surface area contributed by atoms with Crippen molar-refractivity contribution >= 4 is 29.5 Å². The summed E-state index contributed by atoms with van der Waals surface area (Å²) < 4.78 is 128. The van der Waals surface area contributed by atoms with Gasteiger partial charge in [0, 0.05) is 0 Å². The normalized spacial score (nSPS) is 11.0. The van der Waals surface area contributed by atoms with Crippen molar-refractivity contribution in [3.05, 3.63) is 58.2 Å². The molecule has 0 saturated heterocycles. The van der Waals surface area contributed by atoms with Gasteiger partial charge in [0.15, 0.2) is 0 Å². The molecule has 0 fully saturated rings. The molecule has 0 heterocycles. The summed E-state index contributed by atoms with van der Waals surface area (Å²) in [6, 6.07) is 0. The molecule has 2 aromatic carbocycles. The van der Waals surface area contributed by atoms with E-state index in [1.165, 1.54) is 0 Å². The molecule has 121 valence electrons. The molecule has 0 spiro atoms. The summed E-state index contributed by atoms with van der Waals surface area (Å²) in [4.78, 5) is 0. The average molecular weight is 449 g/mol. The van der Waals surface area contributed by atoms with E-state index in [0.717, 1.165) is 0 Å². The fourth-order valence-electron chi connectivity index (χ4n) is 1.64. The molecule has 11 heteroatoms. The van der Waals surface area contributed by atoms with Crippen LogP contribution in [-0.2, 0) is 0 Å². The predicted molar refractivity (Wildman–Crippen MR) is 57.5 cm³/mol. The Balaban J connectivity index is 2.71. The van der Waals surface area contributed by atoms with E-state index >= 15 is 0 Å². The Morgan fingerprint density at radius 1 is 0.304 bits per heavy atom. The van der Waals surface area contributed by atoms with Gasteiger partial charge in [-0.15, -0.1) is 0 Å². The van der Waals surface area contributed by atoms with Gasteiger partial charge in [-0.3, -0.25) is 0 Å². The molecule has 0 unspecified atom stereocenters. The quantitative estimate of drug-likeness (QED) is 0.376. The van der Waals surface area contributed by atoms with Crippen molar-refractivity contribution in [2.75, 3.05) is 0 Å². The molecule has 0 nitrogen and oxygen atoms in total. The van der Waals surface area contributed by atoms with Crippen LogP contribution in [0.25, 0.3) is 0 Å². The first-order chi connectivity index (χ1) is 10.6. The summed E-state index contributed by atoms with van der Waals surface area (Å²) in [5.41, 5.74) is 0. The van der Waals surface area contributed by atoms with Crippen molar-refractivity contribution in [2.24, 2.45) is 0 Å². The fourth-order valence-corrected chi connectivity index (χ4v) is 5.36. The number of halogens is 10. The Bertz CT molecular complexity index is 691. The van der Waals surface area contributed by atoms with Crippen molar-refractivity contribution in [1.82, 2.24) is 0 Å². The van der Waals surface area contributed by atoms with E-state index < -0.39 is 87.7 Å². The Labute approximate surface area is 132 Å². The average Bonchev–Trinajstić information content (AvgIpc) is 2.54. The number of hydrogen-bond acceptors (Lipinski definition) is 0. The van der Waals surface area contributed by atoms with Gasteiger partial charge in [0.1, 0.15) is 0 Å². The minimum atomic E-state index is -3.82. The molecule has 0 N–H and O–H groups in total. The molecular formula is C12F10In. The molecule has 1 radical (unpaired) electrons. The summed E-state index contributed by atoms with van der Waals surface area (Å²) in [5, 5.41) is 0. The van der Waals surface area contributed by atoms with Crippen molar-refractivity contribution in [3.63, 3.8) is 0 Å². The predicted octanol–water partition coefficient (Wildman–Crippen LogP) is 2.73. The SMILES string of the molecule is Fc1c(F)c(F)[c]([In][c]2c(F)c(F)c(F)c(F)c2F)c(F)c1F. The topological polar surface area (TPSA) is 0 Å². The third-order valence-electron chi connectivity index (χ3n) is 2.78. The summed E-state index contributed by atoms with van der Waals surface area (Å²) in [6.45, 7) is 0. The second-order valence-electron chi connectivity index (χ2n) is 4.11. The van der Waals surface area contributed by atoms with Crippen LogP contribution in [0.5, 0.6) is 0 Å². The van der Waals surface area contributed by atoms with Crippen molar-refractivity contribution in [1.29, 1.82) is 0 Å². The third kappa shape index (κ3) is 2.79. The third-order valence-corrected chi connectivity index (χ3v) is 7.32. The monoisotopic (exact) mass is 449 g/mol. The van der Waals surface area contributed by atoms with Gasteiger partial charge >= 0.3 is 132 Å². The summed E-state index contributed by atoms with van der Waals surface area (Å²) >= 11 is -3.82.